The lowest BCUT2D eigenvalue weighted by Gasteiger charge is -2.31. The topological polar surface area (TPSA) is 82.1 Å². The molecule has 9 heteroatoms. The number of aliphatic carboxylic acids is 1. The number of benzene rings is 1. The Hall–Kier alpha value is -2.94. The van der Waals surface area contributed by atoms with Crippen molar-refractivity contribution in [2.24, 2.45) is 0 Å². The SMILES string of the molecule is COc1c(N2CCC/C(=C(/F)CNC(C)C)CC2)c(F)cc(C)c1N(/C=C(\C=O)C(=O)O)C1CC1. The summed E-state index contributed by atoms with van der Waals surface area (Å²) >= 11 is 0. The second kappa shape index (κ2) is 11.7. The van der Waals surface area contributed by atoms with Crippen LogP contribution in [0.5, 0.6) is 5.75 Å². The van der Waals surface area contributed by atoms with E-state index in [1.807, 2.05) is 18.7 Å². The van der Waals surface area contributed by atoms with Gasteiger partial charge in [0.15, 0.2) is 17.9 Å². The van der Waals surface area contributed by atoms with Gasteiger partial charge in [0.25, 0.3) is 0 Å². The number of carboxylic acids is 1. The summed E-state index contributed by atoms with van der Waals surface area (Å²) in [6.07, 6.45) is 4.98. The first-order valence-electron chi connectivity index (χ1n) is 12.1. The van der Waals surface area contributed by atoms with Crippen LogP contribution in [0.15, 0.2) is 29.2 Å². The third-order valence-corrected chi connectivity index (χ3v) is 6.38. The fraction of sp³-hybridized carbons (Fsp3) is 0.538. The average Bonchev–Trinajstić information content (AvgIpc) is 3.65. The van der Waals surface area contributed by atoms with E-state index in [1.54, 1.807) is 11.8 Å². The van der Waals surface area contributed by atoms with Gasteiger partial charge in [-0.1, -0.05) is 13.8 Å². The first kappa shape index (κ1) is 26.7. The molecule has 1 saturated heterocycles. The Morgan fingerprint density at radius 1 is 1.34 bits per heavy atom. The van der Waals surface area contributed by atoms with Crippen LogP contribution in [0.25, 0.3) is 0 Å². The molecule has 0 atom stereocenters. The number of aryl methyl sites for hydroxylation is 1. The average molecular weight is 492 g/mol. The van der Waals surface area contributed by atoms with Crippen molar-refractivity contribution < 1.29 is 28.2 Å². The minimum absolute atomic E-state index is 0.00330. The van der Waals surface area contributed by atoms with E-state index in [0.29, 0.717) is 49.9 Å². The van der Waals surface area contributed by atoms with Crippen LogP contribution in [-0.4, -0.2) is 56.2 Å². The minimum atomic E-state index is -1.33. The standard InChI is InChI=1S/C26H35F2N3O4/c1-16(2)29-13-22(28)18-6-5-10-30(11-9-18)24-21(27)12-17(3)23(25(24)35-4)31(20-7-8-20)14-19(15-32)26(33)34/h12,14-16,20,29H,5-11,13H2,1-4H3,(H,33,34)/b19-14+,22-18-. The molecule has 1 aliphatic carbocycles. The lowest BCUT2D eigenvalue weighted by Crippen LogP contribution is -2.28. The summed E-state index contributed by atoms with van der Waals surface area (Å²) in [6, 6.07) is 1.58. The Bertz CT molecular complexity index is 1020. The summed E-state index contributed by atoms with van der Waals surface area (Å²) in [5.41, 5.74) is 1.74. The number of hydrogen-bond acceptors (Lipinski definition) is 6. The first-order valence-corrected chi connectivity index (χ1v) is 12.1. The van der Waals surface area contributed by atoms with E-state index < -0.39 is 11.8 Å². The Labute approximate surface area is 205 Å². The van der Waals surface area contributed by atoms with E-state index in [9.17, 15) is 19.1 Å². The number of carbonyl (C=O) groups is 2. The quantitative estimate of drug-likeness (QED) is 0.216. The number of halogens is 2. The second-order valence-corrected chi connectivity index (χ2v) is 9.44. The predicted octanol–water partition coefficient (Wildman–Crippen LogP) is 4.49. The maximum absolute atomic E-state index is 15.4. The highest BCUT2D eigenvalue weighted by Crippen LogP contribution is 2.47. The van der Waals surface area contributed by atoms with Crippen LogP contribution in [0.3, 0.4) is 0 Å². The van der Waals surface area contributed by atoms with Crippen molar-refractivity contribution in [3.8, 4) is 5.75 Å². The van der Waals surface area contributed by atoms with Gasteiger partial charge in [0.2, 0.25) is 0 Å². The number of carbonyl (C=O) groups excluding carboxylic acids is 1. The van der Waals surface area contributed by atoms with Crippen molar-refractivity contribution in [2.45, 2.75) is 65.0 Å². The summed E-state index contributed by atoms with van der Waals surface area (Å²) in [4.78, 5) is 26.4. The lowest BCUT2D eigenvalue weighted by atomic mass is 10.1. The van der Waals surface area contributed by atoms with E-state index >= 15 is 4.39 Å². The van der Waals surface area contributed by atoms with Gasteiger partial charge in [-0.3, -0.25) is 4.79 Å². The molecule has 1 aliphatic heterocycles. The van der Waals surface area contributed by atoms with Gasteiger partial charge in [0, 0.05) is 37.9 Å². The van der Waals surface area contributed by atoms with Gasteiger partial charge in [-0.2, -0.15) is 0 Å². The third-order valence-electron chi connectivity index (χ3n) is 6.38. The molecular formula is C26H35F2N3O4. The Kier molecular flexibility index (Phi) is 8.88. The molecule has 1 aromatic rings. The molecule has 2 aliphatic rings. The number of ether oxygens (including phenoxy) is 1. The fourth-order valence-electron chi connectivity index (χ4n) is 4.43. The van der Waals surface area contributed by atoms with Crippen LogP contribution in [0, 0.1) is 12.7 Å². The Morgan fingerprint density at radius 2 is 2.06 bits per heavy atom. The molecule has 2 fully saturated rings. The molecule has 35 heavy (non-hydrogen) atoms. The van der Waals surface area contributed by atoms with Crippen molar-refractivity contribution in [1.29, 1.82) is 0 Å². The van der Waals surface area contributed by atoms with Crippen LogP contribution in [-0.2, 0) is 9.59 Å². The second-order valence-electron chi connectivity index (χ2n) is 9.44. The third kappa shape index (κ3) is 6.39. The monoisotopic (exact) mass is 491 g/mol. The van der Waals surface area contributed by atoms with Gasteiger partial charge in [-0.15, -0.1) is 0 Å². The number of carboxylic acid groups (broad SMARTS) is 1. The number of rotatable bonds is 10. The maximum atomic E-state index is 15.4. The van der Waals surface area contributed by atoms with Crippen LogP contribution in [0.2, 0.25) is 0 Å². The molecule has 0 amide bonds. The number of hydrogen-bond donors (Lipinski definition) is 2. The summed E-state index contributed by atoms with van der Waals surface area (Å²) in [5, 5.41) is 12.5. The molecule has 2 N–H and O–H groups in total. The van der Waals surface area contributed by atoms with Crippen molar-refractivity contribution in [3.05, 3.63) is 40.6 Å². The van der Waals surface area contributed by atoms with Gasteiger partial charge < -0.3 is 25.0 Å². The zero-order chi connectivity index (χ0) is 25.7. The van der Waals surface area contributed by atoms with Crippen molar-refractivity contribution >= 4 is 23.6 Å². The fourth-order valence-corrected chi connectivity index (χ4v) is 4.43. The summed E-state index contributed by atoms with van der Waals surface area (Å²) in [6.45, 7) is 6.80. The molecule has 1 aromatic carbocycles. The van der Waals surface area contributed by atoms with Crippen LogP contribution in [0.4, 0.5) is 20.2 Å². The van der Waals surface area contributed by atoms with Gasteiger partial charge in [0.1, 0.15) is 17.1 Å². The number of methoxy groups -OCH3 is 1. The molecule has 1 saturated carbocycles. The predicted molar refractivity (Wildman–Crippen MR) is 132 cm³/mol. The smallest absolute Gasteiger partial charge is 0.340 e. The van der Waals surface area contributed by atoms with E-state index in [0.717, 1.165) is 18.4 Å². The number of nitrogens with one attached hydrogen (secondary N) is 1. The number of aldehydes is 1. The van der Waals surface area contributed by atoms with Gasteiger partial charge in [0.05, 0.1) is 12.8 Å². The molecule has 0 unspecified atom stereocenters. The molecule has 0 aromatic heterocycles. The van der Waals surface area contributed by atoms with E-state index in [4.69, 9.17) is 4.74 Å². The van der Waals surface area contributed by atoms with Crippen molar-refractivity contribution in [1.82, 2.24) is 5.32 Å². The van der Waals surface area contributed by atoms with Crippen molar-refractivity contribution in [2.75, 3.05) is 36.5 Å². The van der Waals surface area contributed by atoms with Gasteiger partial charge in [-0.05, 0) is 56.2 Å². The van der Waals surface area contributed by atoms with E-state index in [1.165, 1.54) is 19.4 Å². The molecule has 0 spiro atoms. The van der Waals surface area contributed by atoms with Crippen molar-refractivity contribution in [3.63, 3.8) is 0 Å². The van der Waals surface area contributed by atoms with E-state index in [2.05, 4.69) is 5.32 Å². The van der Waals surface area contributed by atoms with Gasteiger partial charge >= 0.3 is 5.97 Å². The first-order chi connectivity index (χ1) is 16.7. The van der Waals surface area contributed by atoms with Crippen LogP contribution >= 0.6 is 0 Å². The maximum Gasteiger partial charge on any atom is 0.340 e. The zero-order valence-corrected chi connectivity index (χ0v) is 20.9. The molecule has 1 heterocycles. The van der Waals surface area contributed by atoms with Crippen LogP contribution < -0.4 is 19.9 Å². The Balaban J connectivity index is 2.00. The summed E-state index contributed by atoms with van der Waals surface area (Å²) in [5.74, 6) is -1.65. The van der Waals surface area contributed by atoms with E-state index in [-0.39, 0.29) is 41.5 Å². The molecule has 3 rings (SSSR count). The highest BCUT2D eigenvalue weighted by Gasteiger charge is 2.34. The molecule has 7 nitrogen and oxygen atoms in total. The molecule has 192 valence electrons. The largest absolute Gasteiger partial charge is 0.492 e. The Morgan fingerprint density at radius 3 is 2.63 bits per heavy atom. The highest BCUT2D eigenvalue weighted by atomic mass is 19.1. The molecule has 0 bridgehead atoms. The number of nitrogens with zero attached hydrogens (tertiary/aromatic N) is 2. The minimum Gasteiger partial charge on any atom is -0.492 e. The number of anilines is 2. The van der Waals surface area contributed by atoms with Gasteiger partial charge in [-0.25, -0.2) is 13.6 Å². The normalized spacial score (nSPS) is 18.4. The summed E-state index contributed by atoms with van der Waals surface area (Å²) < 4.78 is 35.9. The molecular weight excluding hydrogens is 456 g/mol. The zero-order valence-electron chi connectivity index (χ0n) is 20.9. The van der Waals surface area contributed by atoms with Crippen LogP contribution in [0.1, 0.15) is 51.5 Å². The molecule has 0 radical (unpaired) electrons. The highest BCUT2D eigenvalue weighted by molar-refractivity contribution is 6.07. The summed E-state index contributed by atoms with van der Waals surface area (Å²) in [7, 11) is 1.45. The lowest BCUT2D eigenvalue weighted by molar-refractivity contribution is -0.133.